The highest BCUT2D eigenvalue weighted by atomic mass is 35.5. The summed E-state index contributed by atoms with van der Waals surface area (Å²) in [5, 5.41) is 0.433. The Morgan fingerprint density at radius 3 is 2.37 bits per heavy atom. The minimum absolute atomic E-state index is 0.00623. The topological polar surface area (TPSA) is 46.2 Å². The van der Waals surface area contributed by atoms with Crippen molar-refractivity contribution in [2.24, 2.45) is 0 Å². The highest BCUT2D eigenvalue weighted by molar-refractivity contribution is 7.92. The van der Waals surface area contributed by atoms with Crippen molar-refractivity contribution in [3.63, 3.8) is 0 Å². The molecule has 0 bridgehead atoms. The lowest BCUT2D eigenvalue weighted by Crippen LogP contribution is -2.13. The molecule has 2 rings (SSSR count). The quantitative estimate of drug-likeness (QED) is 0.941. The number of sulfonamides is 1. The summed E-state index contributed by atoms with van der Waals surface area (Å²) in [4.78, 5) is -0.00623. The Morgan fingerprint density at radius 1 is 1.11 bits per heavy atom. The van der Waals surface area contributed by atoms with Crippen LogP contribution in [0.4, 0.5) is 10.1 Å². The Kier molecular flexibility index (Phi) is 3.78. The van der Waals surface area contributed by atoms with Gasteiger partial charge in [-0.1, -0.05) is 17.7 Å². The van der Waals surface area contributed by atoms with Crippen LogP contribution in [0.5, 0.6) is 0 Å². The summed E-state index contributed by atoms with van der Waals surface area (Å²) in [7, 11) is -3.74. The lowest BCUT2D eigenvalue weighted by Gasteiger charge is -2.10. The summed E-state index contributed by atoms with van der Waals surface area (Å²) < 4.78 is 39.4. The first-order chi connectivity index (χ1) is 8.88. The van der Waals surface area contributed by atoms with E-state index in [0.717, 1.165) is 17.7 Å². The molecular formula is C13H11ClFNO2S. The van der Waals surface area contributed by atoms with Gasteiger partial charge in [-0.15, -0.1) is 0 Å². The van der Waals surface area contributed by atoms with E-state index in [4.69, 9.17) is 11.6 Å². The molecule has 0 amide bonds. The molecule has 1 N–H and O–H groups in total. The first kappa shape index (κ1) is 13.8. The monoisotopic (exact) mass is 299 g/mol. The SMILES string of the molecule is Cc1ccc(Cl)cc1NS(=O)(=O)c1ccc(F)cc1. The molecule has 0 aromatic heterocycles. The lowest BCUT2D eigenvalue weighted by atomic mass is 10.2. The van der Waals surface area contributed by atoms with E-state index in [9.17, 15) is 12.8 Å². The van der Waals surface area contributed by atoms with Crippen molar-refractivity contribution in [2.75, 3.05) is 4.72 Å². The van der Waals surface area contributed by atoms with Crippen LogP contribution in [0.1, 0.15) is 5.56 Å². The van der Waals surface area contributed by atoms with Gasteiger partial charge in [0.2, 0.25) is 0 Å². The fourth-order valence-corrected chi connectivity index (χ4v) is 2.82. The second-order valence-corrected chi connectivity index (χ2v) is 6.14. The van der Waals surface area contributed by atoms with Crippen LogP contribution in [0, 0.1) is 12.7 Å². The van der Waals surface area contributed by atoms with E-state index >= 15 is 0 Å². The molecule has 2 aromatic rings. The zero-order valence-electron chi connectivity index (χ0n) is 10.0. The van der Waals surface area contributed by atoms with Crippen LogP contribution in [-0.2, 0) is 10.0 Å². The van der Waals surface area contributed by atoms with Crippen molar-refractivity contribution in [2.45, 2.75) is 11.8 Å². The summed E-state index contributed by atoms with van der Waals surface area (Å²) in [6.07, 6.45) is 0. The van der Waals surface area contributed by atoms with Gasteiger partial charge in [-0.3, -0.25) is 4.72 Å². The van der Waals surface area contributed by atoms with E-state index in [2.05, 4.69) is 4.72 Å². The van der Waals surface area contributed by atoms with Crippen LogP contribution in [0.3, 0.4) is 0 Å². The van der Waals surface area contributed by atoms with Crippen LogP contribution < -0.4 is 4.72 Å². The molecule has 19 heavy (non-hydrogen) atoms. The van der Waals surface area contributed by atoms with Crippen LogP contribution in [0.25, 0.3) is 0 Å². The third-order valence-corrected chi connectivity index (χ3v) is 4.18. The van der Waals surface area contributed by atoms with Crippen molar-refractivity contribution in [1.82, 2.24) is 0 Å². The van der Waals surface area contributed by atoms with Gasteiger partial charge in [0.05, 0.1) is 10.6 Å². The van der Waals surface area contributed by atoms with Gasteiger partial charge in [0.1, 0.15) is 5.82 Å². The largest absolute Gasteiger partial charge is 0.279 e. The number of halogens is 2. The molecule has 0 saturated carbocycles. The van der Waals surface area contributed by atoms with Crippen LogP contribution in [0.15, 0.2) is 47.4 Å². The number of anilines is 1. The summed E-state index contributed by atoms with van der Waals surface area (Å²) >= 11 is 5.83. The number of aryl methyl sites for hydroxylation is 1. The maximum atomic E-state index is 12.8. The molecule has 0 fully saturated rings. The fraction of sp³-hybridized carbons (Fsp3) is 0.0769. The van der Waals surface area contributed by atoms with Crippen LogP contribution >= 0.6 is 11.6 Å². The van der Waals surface area contributed by atoms with Gasteiger partial charge in [0.25, 0.3) is 10.0 Å². The standard InChI is InChI=1S/C13H11ClFNO2S/c1-9-2-3-10(14)8-13(9)16-19(17,18)12-6-4-11(15)5-7-12/h2-8,16H,1H3. The highest BCUT2D eigenvalue weighted by Gasteiger charge is 2.15. The molecule has 6 heteroatoms. The summed E-state index contributed by atoms with van der Waals surface area (Å²) in [6, 6.07) is 9.52. The molecule has 0 saturated heterocycles. The molecule has 0 spiro atoms. The van der Waals surface area contributed by atoms with Gasteiger partial charge in [-0.2, -0.15) is 0 Å². The molecule has 0 aliphatic rings. The zero-order chi connectivity index (χ0) is 14.0. The smallest absolute Gasteiger partial charge is 0.261 e. The predicted molar refractivity (Wildman–Crippen MR) is 73.4 cm³/mol. The first-order valence-corrected chi connectivity index (χ1v) is 7.29. The summed E-state index contributed by atoms with van der Waals surface area (Å²) in [5.74, 6) is -0.488. The molecule has 3 nitrogen and oxygen atoms in total. The molecule has 100 valence electrons. The molecule has 0 aliphatic heterocycles. The number of rotatable bonds is 3. The van der Waals surface area contributed by atoms with E-state index < -0.39 is 15.8 Å². The van der Waals surface area contributed by atoms with Gasteiger partial charge in [-0.05, 0) is 48.9 Å². The first-order valence-electron chi connectivity index (χ1n) is 5.43. The average Bonchev–Trinajstić information content (AvgIpc) is 2.34. The molecule has 0 heterocycles. The number of hydrogen-bond donors (Lipinski definition) is 1. The van der Waals surface area contributed by atoms with E-state index in [0.29, 0.717) is 10.7 Å². The Labute approximate surface area is 116 Å². The second kappa shape index (κ2) is 5.19. The van der Waals surface area contributed by atoms with Gasteiger partial charge >= 0.3 is 0 Å². The average molecular weight is 300 g/mol. The van der Waals surface area contributed by atoms with Crippen LogP contribution in [-0.4, -0.2) is 8.42 Å². The number of benzene rings is 2. The molecule has 0 unspecified atom stereocenters. The normalized spacial score (nSPS) is 11.3. The molecular weight excluding hydrogens is 289 g/mol. The van der Waals surface area contributed by atoms with Gasteiger partial charge in [0, 0.05) is 5.02 Å². The van der Waals surface area contributed by atoms with Crippen molar-refractivity contribution < 1.29 is 12.8 Å². The third-order valence-electron chi connectivity index (χ3n) is 2.57. The van der Waals surface area contributed by atoms with Crippen molar-refractivity contribution in [3.05, 3.63) is 58.9 Å². The van der Waals surface area contributed by atoms with Crippen molar-refractivity contribution in [3.8, 4) is 0 Å². The minimum Gasteiger partial charge on any atom is -0.279 e. The van der Waals surface area contributed by atoms with E-state index in [-0.39, 0.29) is 4.90 Å². The summed E-state index contributed by atoms with van der Waals surface area (Å²) in [6.45, 7) is 1.76. The van der Waals surface area contributed by atoms with E-state index in [1.165, 1.54) is 18.2 Å². The van der Waals surface area contributed by atoms with Gasteiger partial charge in [0.15, 0.2) is 0 Å². The van der Waals surface area contributed by atoms with Crippen LogP contribution in [0.2, 0.25) is 5.02 Å². The number of nitrogens with one attached hydrogen (secondary N) is 1. The Morgan fingerprint density at radius 2 is 1.74 bits per heavy atom. The Hall–Kier alpha value is -1.59. The minimum atomic E-state index is -3.74. The Balaban J connectivity index is 2.36. The maximum absolute atomic E-state index is 12.8. The van der Waals surface area contributed by atoms with Crippen molar-refractivity contribution in [1.29, 1.82) is 0 Å². The molecule has 0 radical (unpaired) electrons. The zero-order valence-corrected chi connectivity index (χ0v) is 11.6. The van der Waals surface area contributed by atoms with E-state index in [1.54, 1.807) is 19.1 Å². The van der Waals surface area contributed by atoms with Gasteiger partial charge < -0.3 is 0 Å². The maximum Gasteiger partial charge on any atom is 0.261 e. The fourth-order valence-electron chi connectivity index (χ4n) is 1.52. The summed E-state index contributed by atoms with van der Waals surface area (Å²) in [5.41, 5.74) is 1.15. The molecule has 0 aliphatic carbocycles. The Bertz CT molecular complexity index is 699. The predicted octanol–water partition coefficient (Wildman–Crippen LogP) is 3.59. The molecule has 0 atom stereocenters. The molecule has 2 aromatic carbocycles. The lowest BCUT2D eigenvalue weighted by molar-refractivity contribution is 0.599. The third kappa shape index (κ3) is 3.24. The number of hydrogen-bond acceptors (Lipinski definition) is 2. The van der Waals surface area contributed by atoms with Crippen molar-refractivity contribution >= 4 is 27.3 Å². The van der Waals surface area contributed by atoms with Gasteiger partial charge in [-0.25, -0.2) is 12.8 Å². The van der Waals surface area contributed by atoms with E-state index in [1.807, 2.05) is 0 Å². The highest BCUT2D eigenvalue weighted by Crippen LogP contribution is 2.23. The second-order valence-electron chi connectivity index (χ2n) is 4.02.